The summed E-state index contributed by atoms with van der Waals surface area (Å²) in [6, 6.07) is 0. The summed E-state index contributed by atoms with van der Waals surface area (Å²) in [6.07, 6.45) is -0.696. The first-order valence-electron chi connectivity index (χ1n) is 6.02. The molecule has 108 valence electrons. The maximum Gasteiger partial charge on any atom is 0.267 e. The minimum Gasteiger partial charge on any atom is -0.389 e. The Balaban J connectivity index is 2.81. The number of carbonyl (C=O) groups excluding carboxylic acids is 1. The molecule has 0 saturated carbocycles. The molecule has 0 fully saturated rings. The SMILES string of the molecule is COCC(O)CN(C)C(=O)c1snnc1C(C)(C)C. The first-order chi connectivity index (χ1) is 8.77. The molecule has 1 N–H and O–H groups in total. The van der Waals surface area contributed by atoms with E-state index in [1.54, 1.807) is 7.05 Å². The third kappa shape index (κ3) is 4.22. The molecule has 0 spiro atoms. The highest BCUT2D eigenvalue weighted by molar-refractivity contribution is 7.08. The van der Waals surface area contributed by atoms with E-state index in [2.05, 4.69) is 9.59 Å². The van der Waals surface area contributed by atoms with Crippen molar-refractivity contribution in [3.05, 3.63) is 10.6 Å². The van der Waals surface area contributed by atoms with Crippen molar-refractivity contribution in [1.29, 1.82) is 0 Å². The van der Waals surface area contributed by atoms with Gasteiger partial charge < -0.3 is 14.7 Å². The summed E-state index contributed by atoms with van der Waals surface area (Å²) in [7, 11) is 3.16. The lowest BCUT2D eigenvalue weighted by Gasteiger charge is -2.22. The molecule has 1 aromatic heterocycles. The number of aliphatic hydroxyl groups is 1. The average molecular weight is 287 g/mol. The summed E-state index contributed by atoms with van der Waals surface area (Å²) in [6.45, 7) is 6.37. The smallest absolute Gasteiger partial charge is 0.267 e. The Labute approximate surface area is 117 Å². The van der Waals surface area contributed by atoms with Crippen molar-refractivity contribution >= 4 is 17.4 Å². The van der Waals surface area contributed by atoms with Crippen LogP contribution in [0.25, 0.3) is 0 Å². The van der Waals surface area contributed by atoms with Crippen LogP contribution in [0, 0.1) is 0 Å². The number of carbonyl (C=O) groups is 1. The number of hydrogen-bond acceptors (Lipinski definition) is 6. The van der Waals surface area contributed by atoms with E-state index in [-0.39, 0.29) is 24.5 Å². The Hall–Kier alpha value is -1.05. The second-order valence-corrected chi connectivity index (χ2v) is 6.25. The molecule has 1 rings (SSSR count). The first-order valence-corrected chi connectivity index (χ1v) is 6.80. The van der Waals surface area contributed by atoms with Gasteiger partial charge >= 0.3 is 0 Å². The van der Waals surface area contributed by atoms with Crippen LogP contribution in [0.15, 0.2) is 0 Å². The summed E-state index contributed by atoms with van der Waals surface area (Å²) in [5, 5.41) is 13.7. The maximum absolute atomic E-state index is 12.3. The van der Waals surface area contributed by atoms with Crippen LogP contribution in [0.4, 0.5) is 0 Å². The quantitative estimate of drug-likeness (QED) is 0.871. The number of aliphatic hydroxyl groups excluding tert-OH is 1. The van der Waals surface area contributed by atoms with Crippen molar-refractivity contribution in [2.75, 3.05) is 27.3 Å². The molecule has 1 atom stereocenters. The average Bonchev–Trinajstić information content (AvgIpc) is 2.76. The number of likely N-dealkylation sites (N-methyl/N-ethyl adjacent to an activating group) is 1. The minimum absolute atomic E-state index is 0.171. The van der Waals surface area contributed by atoms with Gasteiger partial charge in [0.05, 0.1) is 18.4 Å². The Bertz CT molecular complexity index is 428. The van der Waals surface area contributed by atoms with E-state index in [1.165, 1.54) is 12.0 Å². The molecular weight excluding hydrogens is 266 g/mol. The maximum atomic E-state index is 12.3. The van der Waals surface area contributed by atoms with E-state index in [1.807, 2.05) is 20.8 Å². The molecule has 1 unspecified atom stereocenters. The van der Waals surface area contributed by atoms with Crippen molar-refractivity contribution in [2.45, 2.75) is 32.3 Å². The van der Waals surface area contributed by atoms with Gasteiger partial charge in [0.1, 0.15) is 4.88 Å². The predicted octanol–water partition coefficient (Wildman–Crippen LogP) is 0.915. The molecule has 0 aromatic carbocycles. The molecule has 0 aliphatic rings. The minimum atomic E-state index is -0.696. The molecule has 0 aliphatic heterocycles. The highest BCUT2D eigenvalue weighted by atomic mass is 32.1. The van der Waals surface area contributed by atoms with Crippen LogP contribution in [0.5, 0.6) is 0 Å². The van der Waals surface area contributed by atoms with Crippen molar-refractivity contribution in [2.24, 2.45) is 0 Å². The van der Waals surface area contributed by atoms with E-state index in [0.717, 1.165) is 11.5 Å². The highest BCUT2D eigenvalue weighted by Gasteiger charge is 2.28. The van der Waals surface area contributed by atoms with E-state index < -0.39 is 6.10 Å². The molecule has 0 aliphatic carbocycles. The van der Waals surface area contributed by atoms with Crippen molar-refractivity contribution in [3.8, 4) is 0 Å². The highest BCUT2D eigenvalue weighted by Crippen LogP contribution is 2.26. The molecule has 1 amide bonds. The van der Waals surface area contributed by atoms with Gasteiger partial charge in [-0.2, -0.15) is 0 Å². The van der Waals surface area contributed by atoms with Gasteiger partial charge in [-0.15, -0.1) is 5.10 Å². The zero-order valence-corrected chi connectivity index (χ0v) is 12.8. The number of nitrogens with zero attached hydrogens (tertiary/aromatic N) is 3. The van der Waals surface area contributed by atoms with Crippen LogP contribution in [0.3, 0.4) is 0 Å². The Kier molecular flexibility index (Phi) is 5.39. The molecule has 1 aromatic rings. The number of amides is 1. The standard InChI is InChI=1S/C12H21N3O3S/c1-12(2,3)10-9(19-14-13-10)11(17)15(4)6-8(16)7-18-5/h8,16H,6-7H2,1-5H3. The van der Waals surface area contributed by atoms with E-state index >= 15 is 0 Å². The number of aromatic nitrogens is 2. The Morgan fingerprint density at radius 3 is 2.68 bits per heavy atom. The number of ether oxygens (including phenoxy) is 1. The van der Waals surface area contributed by atoms with Crippen molar-refractivity contribution in [3.63, 3.8) is 0 Å². The predicted molar refractivity (Wildman–Crippen MR) is 73.5 cm³/mol. The fraction of sp³-hybridized carbons (Fsp3) is 0.750. The summed E-state index contributed by atoms with van der Waals surface area (Å²) >= 11 is 1.09. The summed E-state index contributed by atoms with van der Waals surface area (Å²) in [5.41, 5.74) is 0.458. The van der Waals surface area contributed by atoms with Gasteiger partial charge in [-0.3, -0.25) is 4.79 Å². The molecule has 0 saturated heterocycles. The normalized spacial score (nSPS) is 13.4. The molecule has 19 heavy (non-hydrogen) atoms. The van der Waals surface area contributed by atoms with Crippen LogP contribution in [-0.4, -0.2) is 58.9 Å². The van der Waals surface area contributed by atoms with Crippen LogP contribution in [0.2, 0.25) is 0 Å². The fourth-order valence-electron chi connectivity index (χ4n) is 1.64. The van der Waals surface area contributed by atoms with E-state index in [0.29, 0.717) is 10.6 Å². The largest absolute Gasteiger partial charge is 0.389 e. The van der Waals surface area contributed by atoms with E-state index in [9.17, 15) is 9.90 Å². The van der Waals surface area contributed by atoms with Gasteiger partial charge in [-0.25, -0.2) is 0 Å². The monoisotopic (exact) mass is 287 g/mol. The van der Waals surface area contributed by atoms with Crippen molar-refractivity contribution in [1.82, 2.24) is 14.5 Å². The summed E-state index contributed by atoms with van der Waals surface area (Å²) in [5.74, 6) is -0.171. The van der Waals surface area contributed by atoms with Crippen LogP contribution >= 0.6 is 11.5 Å². The molecule has 1 heterocycles. The molecule has 7 heteroatoms. The number of methoxy groups -OCH3 is 1. The van der Waals surface area contributed by atoms with Gasteiger partial charge in [0.15, 0.2) is 0 Å². The van der Waals surface area contributed by atoms with Gasteiger partial charge in [0, 0.05) is 26.1 Å². The molecular formula is C12H21N3O3S. The lowest BCUT2D eigenvalue weighted by Crippen LogP contribution is -2.36. The number of rotatable bonds is 5. The Morgan fingerprint density at radius 1 is 1.53 bits per heavy atom. The van der Waals surface area contributed by atoms with Crippen molar-refractivity contribution < 1.29 is 14.6 Å². The molecule has 0 bridgehead atoms. The molecule has 6 nitrogen and oxygen atoms in total. The third-order valence-corrected chi connectivity index (χ3v) is 3.30. The lowest BCUT2D eigenvalue weighted by molar-refractivity contribution is 0.0381. The van der Waals surface area contributed by atoms with Gasteiger partial charge in [0.2, 0.25) is 0 Å². The summed E-state index contributed by atoms with van der Waals surface area (Å²) in [4.78, 5) is 14.3. The molecule has 0 radical (unpaired) electrons. The van der Waals surface area contributed by atoms with Crippen LogP contribution in [0.1, 0.15) is 36.1 Å². The topological polar surface area (TPSA) is 75.6 Å². The van der Waals surface area contributed by atoms with Gasteiger partial charge in [0.25, 0.3) is 5.91 Å². The Morgan fingerprint density at radius 2 is 2.16 bits per heavy atom. The van der Waals surface area contributed by atoms with Crippen LogP contribution in [-0.2, 0) is 10.2 Å². The fourth-order valence-corrected chi connectivity index (χ4v) is 2.51. The second kappa shape index (κ2) is 6.40. The van der Waals surface area contributed by atoms with Gasteiger partial charge in [-0.05, 0) is 11.5 Å². The third-order valence-electron chi connectivity index (χ3n) is 2.58. The van der Waals surface area contributed by atoms with Gasteiger partial charge in [-0.1, -0.05) is 25.3 Å². The number of hydrogen-bond donors (Lipinski definition) is 1. The summed E-state index contributed by atoms with van der Waals surface area (Å²) < 4.78 is 8.71. The lowest BCUT2D eigenvalue weighted by atomic mass is 9.91. The second-order valence-electron chi connectivity index (χ2n) is 5.50. The zero-order valence-electron chi connectivity index (χ0n) is 12.0. The first kappa shape index (κ1) is 16.0. The zero-order chi connectivity index (χ0) is 14.6. The van der Waals surface area contributed by atoms with Crippen LogP contribution < -0.4 is 0 Å². The van der Waals surface area contributed by atoms with E-state index in [4.69, 9.17) is 4.74 Å².